The standard InChI is InChI=1S/C10H14O/c1-2-9-10(11-9)8-6-4-3-5-7-8/h1,8-10H,3-7H2/t9-,10-/m0/s1. The molecule has 0 N–H and O–H groups in total. The van der Waals surface area contributed by atoms with Crippen molar-refractivity contribution >= 4 is 0 Å². The second kappa shape index (κ2) is 2.87. The molecule has 1 aliphatic carbocycles. The monoisotopic (exact) mass is 150 g/mol. The van der Waals surface area contributed by atoms with Gasteiger partial charge in [-0.05, 0) is 18.8 Å². The molecule has 2 rings (SSSR count). The van der Waals surface area contributed by atoms with Crippen LogP contribution in [0.15, 0.2) is 0 Å². The maximum absolute atomic E-state index is 5.37. The molecular weight excluding hydrogens is 136 g/mol. The van der Waals surface area contributed by atoms with Gasteiger partial charge in [0.2, 0.25) is 0 Å². The third-order valence-corrected chi connectivity index (χ3v) is 2.80. The maximum Gasteiger partial charge on any atom is 0.144 e. The molecule has 0 unspecified atom stereocenters. The lowest BCUT2D eigenvalue weighted by atomic mass is 9.86. The molecule has 1 saturated heterocycles. The van der Waals surface area contributed by atoms with Crippen molar-refractivity contribution in [3.63, 3.8) is 0 Å². The van der Waals surface area contributed by atoms with Gasteiger partial charge >= 0.3 is 0 Å². The molecule has 2 atom stereocenters. The number of epoxide rings is 1. The minimum absolute atomic E-state index is 0.165. The summed E-state index contributed by atoms with van der Waals surface area (Å²) < 4.78 is 5.37. The molecule has 0 aromatic rings. The van der Waals surface area contributed by atoms with Crippen molar-refractivity contribution in [3.05, 3.63) is 0 Å². The van der Waals surface area contributed by atoms with Crippen molar-refractivity contribution in [2.24, 2.45) is 5.92 Å². The van der Waals surface area contributed by atoms with E-state index in [0.29, 0.717) is 6.10 Å². The largest absolute Gasteiger partial charge is 0.355 e. The summed E-state index contributed by atoms with van der Waals surface area (Å²) in [7, 11) is 0. The molecular formula is C10H14O. The van der Waals surface area contributed by atoms with Crippen LogP contribution in [0.4, 0.5) is 0 Å². The van der Waals surface area contributed by atoms with E-state index in [9.17, 15) is 0 Å². The maximum atomic E-state index is 5.37. The van der Waals surface area contributed by atoms with Crippen LogP contribution in [0.2, 0.25) is 0 Å². The Balaban J connectivity index is 1.83. The molecule has 11 heavy (non-hydrogen) atoms. The lowest BCUT2D eigenvalue weighted by Crippen LogP contribution is -2.13. The van der Waals surface area contributed by atoms with Crippen LogP contribution < -0.4 is 0 Å². The Morgan fingerprint density at radius 1 is 1.18 bits per heavy atom. The smallest absolute Gasteiger partial charge is 0.144 e. The first kappa shape index (κ1) is 7.18. The van der Waals surface area contributed by atoms with Crippen molar-refractivity contribution < 1.29 is 4.74 Å². The van der Waals surface area contributed by atoms with Crippen molar-refractivity contribution in [2.75, 3.05) is 0 Å². The van der Waals surface area contributed by atoms with Crippen LogP contribution in [-0.4, -0.2) is 12.2 Å². The molecule has 0 spiro atoms. The summed E-state index contributed by atoms with van der Waals surface area (Å²) in [5, 5.41) is 0. The zero-order valence-corrected chi connectivity index (χ0v) is 6.75. The van der Waals surface area contributed by atoms with Crippen molar-refractivity contribution in [2.45, 2.75) is 44.3 Å². The van der Waals surface area contributed by atoms with Gasteiger partial charge in [-0.2, -0.15) is 0 Å². The van der Waals surface area contributed by atoms with E-state index < -0.39 is 0 Å². The fourth-order valence-corrected chi connectivity index (χ4v) is 2.08. The predicted octanol–water partition coefficient (Wildman–Crippen LogP) is 1.97. The van der Waals surface area contributed by atoms with E-state index in [1.807, 2.05) is 0 Å². The molecule has 1 nitrogen and oxygen atoms in total. The third-order valence-electron chi connectivity index (χ3n) is 2.80. The topological polar surface area (TPSA) is 12.5 Å². The highest BCUT2D eigenvalue weighted by atomic mass is 16.6. The third kappa shape index (κ3) is 1.41. The Labute approximate surface area is 68.1 Å². The summed E-state index contributed by atoms with van der Waals surface area (Å²) in [4.78, 5) is 0. The van der Waals surface area contributed by atoms with E-state index in [0.717, 1.165) is 5.92 Å². The SMILES string of the molecule is C#C[C@@H]1O[C@H]1C1CCCCC1. The van der Waals surface area contributed by atoms with Crippen LogP contribution in [0.25, 0.3) is 0 Å². The highest BCUT2D eigenvalue weighted by Gasteiger charge is 2.43. The molecule has 0 aromatic carbocycles. The lowest BCUT2D eigenvalue weighted by Gasteiger charge is -2.18. The van der Waals surface area contributed by atoms with Crippen LogP contribution in [0, 0.1) is 18.3 Å². The number of ether oxygens (including phenoxy) is 1. The van der Waals surface area contributed by atoms with Gasteiger partial charge in [0.1, 0.15) is 6.10 Å². The second-order valence-corrected chi connectivity index (χ2v) is 3.59. The van der Waals surface area contributed by atoms with E-state index in [1.54, 1.807) is 0 Å². The Hall–Kier alpha value is -0.480. The molecule has 2 aliphatic rings. The average Bonchev–Trinajstić information content (AvgIpc) is 2.85. The van der Waals surface area contributed by atoms with Gasteiger partial charge in [0.05, 0.1) is 6.10 Å². The first-order valence-corrected chi connectivity index (χ1v) is 4.53. The predicted molar refractivity (Wildman–Crippen MR) is 44.1 cm³/mol. The Morgan fingerprint density at radius 2 is 1.91 bits per heavy atom. The number of terminal acetylenes is 1. The van der Waals surface area contributed by atoms with Crippen molar-refractivity contribution in [1.29, 1.82) is 0 Å². The minimum atomic E-state index is 0.165. The second-order valence-electron chi connectivity index (χ2n) is 3.59. The fourth-order valence-electron chi connectivity index (χ4n) is 2.08. The highest BCUT2D eigenvalue weighted by molar-refractivity contribution is 5.10. The molecule has 1 saturated carbocycles. The van der Waals surface area contributed by atoms with E-state index >= 15 is 0 Å². The molecule has 0 radical (unpaired) electrons. The zero-order valence-electron chi connectivity index (χ0n) is 6.75. The number of hydrogen-bond donors (Lipinski definition) is 0. The van der Waals surface area contributed by atoms with Gasteiger partial charge in [0, 0.05) is 0 Å². The first-order chi connectivity index (χ1) is 5.42. The summed E-state index contributed by atoms with van der Waals surface area (Å²) in [6, 6.07) is 0. The van der Waals surface area contributed by atoms with Crippen LogP contribution in [0.3, 0.4) is 0 Å². The highest BCUT2D eigenvalue weighted by Crippen LogP contribution is 2.37. The number of rotatable bonds is 1. The fraction of sp³-hybridized carbons (Fsp3) is 0.800. The molecule has 0 amide bonds. The summed E-state index contributed by atoms with van der Waals surface area (Å²) in [5.74, 6) is 3.45. The van der Waals surface area contributed by atoms with Gasteiger partial charge in [-0.1, -0.05) is 25.2 Å². The molecule has 2 fully saturated rings. The summed E-state index contributed by atoms with van der Waals surface area (Å²) in [5.41, 5.74) is 0. The molecule has 60 valence electrons. The quantitative estimate of drug-likeness (QED) is 0.411. The Bertz CT molecular complexity index is 174. The van der Waals surface area contributed by atoms with Gasteiger partial charge in [0.15, 0.2) is 0 Å². The summed E-state index contributed by atoms with van der Waals surface area (Å²) in [6.07, 6.45) is 12.7. The molecule has 1 heterocycles. The lowest BCUT2D eigenvalue weighted by molar-refractivity contribution is 0.265. The summed E-state index contributed by atoms with van der Waals surface area (Å²) >= 11 is 0. The normalized spacial score (nSPS) is 38.1. The van der Waals surface area contributed by atoms with Crippen LogP contribution in [-0.2, 0) is 4.74 Å². The van der Waals surface area contributed by atoms with Crippen molar-refractivity contribution in [3.8, 4) is 12.3 Å². The Kier molecular flexibility index (Phi) is 1.87. The molecule has 1 heteroatoms. The Morgan fingerprint density at radius 3 is 2.45 bits per heavy atom. The molecule has 1 aliphatic heterocycles. The van der Waals surface area contributed by atoms with Crippen LogP contribution in [0.1, 0.15) is 32.1 Å². The van der Waals surface area contributed by atoms with E-state index in [2.05, 4.69) is 5.92 Å². The molecule has 0 aromatic heterocycles. The van der Waals surface area contributed by atoms with E-state index in [1.165, 1.54) is 32.1 Å². The number of hydrogen-bond acceptors (Lipinski definition) is 1. The van der Waals surface area contributed by atoms with Crippen LogP contribution >= 0.6 is 0 Å². The van der Waals surface area contributed by atoms with Gasteiger partial charge in [-0.15, -0.1) is 6.42 Å². The van der Waals surface area contributed by atoms with E-state index in [-0.39, 0.29) is 6.10 Å². The van der Waals surface area contributed by atoms with Crippen molar-refractivity contribution in [1.82, 2.24) is 0 Å². The average molecular weight is 150 g/mol. The van der Waals surface area contributed by atoms with Crippen LogP contribution in [0.5, 0.6) is 0 Å². The first-order valence-electron chi connectivity index (χ1n) is 4.53. The zero-order chi connectivity index (χ0) is 7.68. The molecule has 0 bridgehead atoms. The van der Waals surface area contributed by atoms with Gasteiger partial charge < -0.3 is 4.74 Å². The minimum Gasteiger partial charge on any atom is -0.355 e. The van der Waals surface area contributed by atoms with Gasteiger partial charge in [0.25, 0.3) is 0 Å². The van der Waals surface area contributed by atoms with E-state index in [4.69, 9.17) is 11.2 Å². The summed E-state index contributed by atoms with van der Waals surface area (Å²) in [6.45, 7) is 0. The van der Waals surface area contributed by atoms with Gasteiger partial charge in [-0.25, -0.2) is 0 Å². The van der Waals surface area contributed by atoms with Gasteiger partial charge in [-0.3, -0.25) is 0 Å².